The molecule has 0 heterocycles. The second-order valence-corrected chi connectivity index (χ2v) is 8.93. The minimum absolute atomic E-state index is 0. The molecule has 182 valence electrons. The maximum Gasteiger partial charge on any atom is 0.271 e. The lowest BCUT2D eigenvalue weighted by atomic mass is 9.94. The highest BCUT2D eigenvalue weighted by Gasteiger charge is 2.22. The van der Waals surface area contributed by atoms with Crippen LogP contribution in [0.1, 0.15) is 41.3 Å². The second kappa shape index (κ2) is 10.4. The first-order valence-corrected chi connectivity index (χ1v) is 11.6. The number of aromatic hydroxyl groups is 1. The third-order valence-corrected chi connectivity index (χ3v) is 6.49. The van der Waals surface area contributed by atoms with Gasteiger partial charge in [0.05, 0.1) is 6.04 Å². The van der Waals surface area contributed by atoms with Crippen molar-refractivity contribution in [3.8, 4) is 5.75 Å². The summed E-state index contributed by atoms with van der Waals surface area (Å²) in [5.41, 5.74) is 3.50. The summed E-state index contributed by atoms with van der Waals surface area (Å²) in [4.78, 5) is 23.2. The Morgan fingerprint density at radius 1 is 0.778 bits per heavy atom. The summed E-state index contributed by atoms with van der Waals surface area (Å²) >= 11 is 0. The molecule has 0 saturated heterocycles. The number of rotatable bonds is 7. The lowest BCUT2D eigenvalue weighted by molar-refractivity contribution is 0.466. The fraction of sp³-hybridized carbons (Fsp3) is 0.133. The Bertz CT molecular complexity index is 1580. The van der Waals surface area contributed by atoms with Crippen LogP contribution in [0.15, 0.2) is 101 Å². The van der Waals surface area contributed by atoms with Gasteiger partial charge in [-0.2, -0.15) is 0 Å². The fourth-order valence-corrected chi connectivity index (χ4v) is 4.55. The standard InChI is InChI=1S/C30H26N2O3.ClH/c1-18-13-15-21(16-14-18)26(31-19(2)24-12-6-8-20-7-3-4-11-25(20)24)22-9-5-10-23(17-22)32-27-28(33)30(35)29(27)34;/h3-17,19,26,31-33H,1-2H3;1H/t19-,26?;/m1./s1. The van der Waals surface area contributed by atoms with E-state index in [-0.39, 0.29) is 30.2 Å². The maximum absolute atomic E-state index is 11.8. The third-order valence-electron chi connectivity index (χ3n) is 6.49. The van der Waals surface area contributed by atoms with Crippen molar-refractivity contribution in [3.63, 3.8) is 0 Å². The van der Waals surface area contributed by atoms with Crippen molar-refractivity contribution in [1.29, 1.82) is 0 Å². The van der Waals surface area contributed by atoms with E-state index in [4.69, 9.17) is 0 Å². The van der Waals surface area contributed by atoms with Crippen LogP contribution in [-0.2, 0) is 0 Å². The van der Waals surface area contributed by atoms with Crippen LogP contribution in [0, 0.1) is 6.92 Å². The minimum atomic E-state index is -0.855. The lowest BCUT2D eigenvalue weighted by Crippen LogP contribution is -2.32. The Hall–Kier alpha value is -3.93. The summed E-state index contributed by atoms with van der Waals surface area (Å²) in [6.45, 7) is 4.22. The maximum atomic E-state index is 11.8. The average Bonchev–Trinajstić information content (AvgIpc) is 2.90. The van der Waals surface area contributed by atoms with Crippen molar-refractivity contribution in [2.75, 3.05) is 5.32 Å². The summed E-state index contributed by atoms with van der Waals surface area (Å²) in [6, 6.07) is 30.7. The van der Waals surface area contributed by atoms with Crippen LogP contribution in [0.4, 0.5) is 11.4 Å². The van der Waals surface area contributed by atoms with Gasteiger partial charge in [0, 0.05) is 11.7 Å². The van der Waals surface area contributed by atoms with E-state index >= 15 is 0 Å². The van der Waals surface area contributed by atoms with Crippen LogP contribution < -0.4 is 21.5 Å². The number of anilines is 2. The van der Waals surface area contributed by atoms with Gasteiger partial charge in [-0.1, -0.05) is 84.4 Å². The molecular weight excluding hydrogens is 472 g/mol. The van der Waals surface area contributed by atoms with Crippen LogP contribution >= 0.6 is 12.4 Å². The van der Waals surface area contributed by atoms with Crippen LogP contribution in [0.25, 0.3) is 10.8 Å². The summed E-state index contributed by atoms with van der Waals surface area (Å²) < 4.78 is 0. The van der Waals surface area contributed by atoms with Gasteiger partial charge in [0.15, 0.2) is 5.75 Å². The third kappa shape index (κ3) is 4.76. The largest absolute Gasteiger partial charge is 0.502 e. The molecule has 5 rings (SSSR count). The second-order valence-electron chi connectivity index (χ2n) is 8.93. The summed E-state index contributed by atoms with van der Waals surface area (Å²) in [7, 11) is 0. The molecule has 0 aliphatic carbocycles. The molecule has 6 heteroatoms. The van der Waals surface area contributed by atoms with Gasteiger partial charge in [0.1, 0.15) is 5.69 Å². The zero-order chi connectivity index (χ0) is 24.5. The fourth-order valence-electron chi connectivity index (χ4n) is 4.55. The molecule has 0 spiro atoms. The van der Waals surface area contributed by atoms with Gasteiger partial charge in [0.2, 0.25) is 0 Å². The van der Waals surface area contributed by atoms with E-state index < -0.39 is 16.6 Å². The molecule has 0 fully saturated rings. The molecule has 0 aromatic heterocycles. The Morgan fingerprint density at radius 3 is 2.22 bits per heavy atom. The van der Waals surface area contributed by atoms with Crippen molar-refractivity contribution >= 4 is 34.6 Å². The topological polar surface area (TPSA) is 78.4 Å². The number of benzene rings is 4. The van der Waals surface area contributed by atoms with Crippen molar-refractivity contribution in [2.24, 2.45) is 0 Å². The Kier molecular flexibility index (Phi) is 7.25. The monoisotopic (exact) mass is 498 g/mol. The highest BCUT2D eigenvalue weighted by Crippen LogP contribution is 2.31. The Morgan fingerprint density at radius 2 is 1.47 bits per heavy atom. The van der Waals surface area contributed by atoms with E-state index in [1.54, 1.807) is 6.07 Å². The molecule has 0 saturated carbocycles. The number of aryl methyl sites for hydroxylation is 1. The summed E-state index contributed by atoms with van der Waals surface area (Å²) in [6.07, 6.45) is 0. The van der Waals surface area contributed by atoms with Gasteiger partial charge in [-0.05, 0) is 53.4 Å². The van der Waals surface area contributed by atoms with E-state index in [1.807, 2.05) is 24.3 Å². The predicted molar refractivity (Wildman–Crippen MR) is 149 cm³/mol. The average molecular weight is 499 g/mol. The highest BCUT2D eigenvalue weighted by atomic mass is 35.5. The van der Waals surface area contributed by atoms with Crippen molar-refractivity contribution in [3.05, 3.63) is 134 Å². The first-order chi connectivity index (χ1) is 16.9. The lowest BCUT2D eigenvalue weighted by Gasteiger charge is -2.26. The number of nitrogens with one attached hydrogen (secondary N) is 2. The van der Waals surface area contributed by atoms with Crippen molar-refractivity contribution < 1.29 is 5.11 Å². The van der Waals surface area contributed by atoms with Gasteiger partial charge in [-0.25, -0.2) is 0 Å². The number of hydrogen-bond donors (Lipinski definition) is 3. The predicted octanol–water partition coefficient (Wildman–Crippen LogP) is 6.06. The molecule has 0 aliphatic rings. The van der Waals surface area contributed by atoms with E-state index in [2.05, 4.69) is 85.1 Å². The van der Waals surface area contributed by atoms with E-state index in [0.29, 0.717) is 5.69 Å². The van der Waals surface area contributed by atoms with Crippen LogP contribution in [-0.4, -0.2) is 5.11 Å². The molecule has 1 unspecified atom stereocenters. The van der Waals surface area contributed by atoms with Gasteiger partial charge >= 0.3 is 0 Å². The van der Waals surface area contributed by atoms with Gasteiger partial charge in [-0.3, -0.25) is 14.9 Å². The molecule has 36 heavy (non-hydrogen) atoms. The van der Waals surface area contributed by atoms with Crippen LogP contribution in [0.5, 0.6) is 5.75 Å². The smallest absolute Gasteiger partial charge is 0.271 e. The number of hydrogen-bond acceptors (Lipinski definition) is 5. The minimum Gasteiger partial charge on any atom is -0.502 e. The molecule has 0 bridgehead atoms. The van der Waals surface area contributed by atoms with Gasteiger partial charge < -0.3 is 10.4 Å². The molecule has 5 aromatic carbocycles. The molecule has 0 radical (unpaired) electrons. The van der Waals surface area contributed by atoms with Crippen molar-refractivity contribution in [2.45, 2.75) is 25.9 Å². The van der Waals surface area contributed by atoms with Crippen molar-refractivity contribution in [1.82, 2.24) is 5.32 Å². The molecule has 0 aliphatic heterocycles. The Labute approximate surface area is 215 Å². The quantitative estimate of drug-likeness (QED) is 0.238. The SMILES string of the molecule is Cc1ccc(C(N[C@H](C)c2cccc3ccccc23)c2cccc(Nc3c(O)c(=O)c3=O)c2)cc1.Cl. The normalized spacial score (nSPS) is 12.7. The Balaban J connectivity index is 0.00000304. The number of halogens is 1. The summed E-state index contributed by atoms with van der Waals surface area (Å²) in [5.74, 6) is -0.516. The molecule has 2 atom stereocenters. The van der Waals surface area contributed by atoms with Crippen LogP contribution in [0.3, 0.4) is 0 Å². The molecular formula is C30H27ClN2O3. The van der Waals surface area contributed by atoms with Gasteiger partial charge in [-0.15, -0.1) is 12.4 Å². The number of fused-ring (bicyclic) bond motifs is 1. The zero-order valence-corrected chi connectivity index (χ0v) is 20.8. The molecule has 0 amide bonds. The summed E-state index contributed by atoms with van der Waals surface area (Å²) in [5, 5.41) is 18.9. The zero-order valence-electron chi connectivity index (χ0n) is 20.0. The van der Waals surface area contributed by atoms with E-state index in [1.165, 1.54) is 21.9 Å². The van der Waals surface area contributed by atoms with Crippen LogP contribution in [0.2, 0.25) is 0 Å². The molecule has 5 aromatic rings. The first kappa shape index (κ1) is 25.2. The van der Waals surface area contributed by atoms with Gasteiger partial charge in [0.25, 0.3) is 10.9 Å². The van der Waals surface area contributed by atoms with E-state index in [9.17, 15) is 14.7 Å². The molecule has 3 N–H and O–H groups in total. The van der Waals surface area contributed by atoms with E-state index in [0.717, 1.165) is 11.1 Å². The highest BCUT2D eigenvalue weighted by molar-refractivity contribution is 5.86. The first-order valence-electron chi connectivity index (χ1n) is 11.6. The molecule has 5 nitrogen and oxygen atoms in total.